The summed E-state index contributed by atoms with van der Waals surface area (Å²) < 4.78 is 5.97. The number of hydrogen-bond acceptors (Lipinski definition) is 3. The zero-order valence-electron chi connectivity index (χ0n) is 13.0. The molecule has 1 saturated heterocycles. The third-order valence-corrected chi connectivity index (χ3v) is 4.49. The quantitative estimate of drug-likeness (QED) is 0.788. The minimum Gasteiger partial charge on any atom is -0.491 e. The molecule has 1 unspecified atom stereocenters. The molecule has 4 heteroatoms. The Morgan fingerprint density at radius 3 is 2.59 bits per heavy atom. The zero-order valence-corrected chi connectivity index (χ0v) is 13.8. The van der Waals surface area contributed by atoms with E-state index < -0.39 is 0 Å². The van der Waals surface area contributed by atoms with E-state index in [1.54, 1.807) is 0 Å². The van der Waals surface area contributed by atoms with Gasteiger partial charge in [0.25, 0.3) is 0 Å². The highest BCUT2D eigenvalue weighted by molar-refractivity contribution is 6.20. The average molecular weight is 319 g/mol. The fourth-order valence-corrected chi connectivity index (χ4v) is 3.12. The average Bonchev–Trinajstić information content (AvgIpc) is 2.55. The van der Waals surface area contributed by atoms with Crippen LogP contribution in [-0.4, -0.2) is 61.6 Å². The maximum absolute atomic E-state index is 6.47. The number of ether oxygens (including phenoxy) is 1. The normalized spacial score (nSPS) is 18.5. The minimum absolute atomic E-state index is 0.0161. The van der Waals surface area contributed by atoms with Crippen LogP contribution in [0.2, 0.25) is 0 Å². The van der Waals surface area contributed by atoms with Crippen molar-refractivity contribution >= 4 is 22.4 Å². The second-order valence-electron chi connectivity index (χ2n) is 5.99. The Kier molecular flexibility index (Phi) is 5.19. The number of benzene rings is 2. The van der Waals surface area contributed by atoms with Gasteiger partial charge in [0.1, 0.15) is 12.4 Å². The highest BCUT2D eigenvalue weighted by Gasteiger charge is 2.17. The molecule has 118 valence electrons. The van der Waals surface area contributed by atoms with Crippen molar-refractivity contribution in [3.05, 3.63) is 42.5 Å². The molecule has 2 aromatic carbocycles. The molecular weight excluding hydrogens is 296 g/mol. The maximum atomic E-state index is 6.47. The van der Waals surface area contributed by atoms with Crippen LogP contribution in [0, 0.1) is 0 Å². The van der Waals surface area contributed by atoms with Crippen LogP contribution >= 0.6 is 11.6 Å². The second-order valence-corrected chi connectivity index (χ2v) is 6.61. The molecule has 1 aliphatic rings. The first kappa shape index (κ1) is 15.6. The van der Waals surface area contributed by atoms with Crippen molar-refractivity contribution in [2.45, 2.75) is 5.38 Å². The van der Waals surface area contributed by atoms with Gasteiger partial charge in [-0.05, 0) is 18.5 Å². The van der Waals surface area contributed by atoms with E-state index in [1.807, 2.05) is 24.3 Å². The minimum atomic E-state index is 0.0161. The zero-order chi connectivity index (χ0) is 15.4. The largest absolute Gasteiger partial charge is 0.491 e. The van der Waals surface area contributed by atoms with E-state index in [-0.39, 0.29) is 5.38 Å². The van der Waals surface area contributed by atoms with E-state index in [9.17, 15) is 0 Å². The van der Waals surface area contributed by atoms with Crippen LogP contribution in [0.1, 0.15) is 0 Å². The number of fused-ring (bicyclic) bond motifs is 1. The van der Waals surface area contributed by atoms with Gasteiger partial charge in [-0.15, -0.1) is 11.6 Å². The van der Waals surface area contributed by atoms with Gasteiger partial charge < -0.3 is 9.64 Å². The van der Waals surface area contributed by atoms with E-state index in [2.05, 4.69) is 35.0 Å². The van der Waals surface area contributed by atoms with Gasteiger partial charge in [0.05, 0.1) is 5.38 Å². The number of piperazine rings is 1. The molecule has 1 atom stereocenters. The van der Waals surface area contributed by atoms with E-state index in [0.29, 0.717) is 6.61 Å². The van der Waals surface area contributed by atoms with Crippen LogP contribution in [0.15, 0.2) is 42.5 Å². The summed E-state index contributed by atoms with van der Waals surface area (Å²) in [6, 6.07) is 14.4. The maximum Gasteiger partial charge on any atom is 0.127 e. The summed E-state index contributed by atoms with van der Waals surface area (Å²) in [5.74, 6) is 0.919. The number of halogens is 1. The Hall–Kier alpha value is -1.29. The lowest BCUT2D eigenvalue weighted by Gasteiger charge is -2.33. The van der Waals surface area contributed by atoms with Gasteiger partial charge in [-0.2, -0.15) is 0 Å². The van der Waals surface area contributed by atoms with Gasteiger partial charge in [-0.25, -0.2) is 0 Å². The smallest absolute Gasteiger partial charge is 0.127 e. The molecule has 2 aromatic rings. The lowest BCUT2D eigenvalue weighted by Crippen LogP contribution is -2.46. The van der Waals surface area contributed by atoms with E-state index in [1.165, 1.54) is 5.39 Å². The van der Waals surface area contributed by atoms with Crippen LogP contribution in [0.3, 0.4) is 0 Å². The third-order valence-electron chi connectivity index (χ3n) is 4.22. The molecule has 0 saturated carbocycles. The predicted octanol–water partition coefficient (Wildman–Crippen LogP) is 3.07. The third kappa shape index (κ3) is 3.92. The molecule has 1 heterocycles. The Balaban J connectivity index is 1.55. The van der Waals surface area contributed by atoms with Crippen LogP contribution in [-0.2, 0) is 0 Å². The number of nitrogens with zero attached hydrogens (tertiary/aromatic N) is 2. The molecule has 0 bridgehead atoms. The molecular formula is C18H23ClN2O. The van der Waals surface area contributed by atoms with Gasteiger partial charge in [0.15, 0.2) is 0 Å². The van der Waals surface area contributed by atoms with Gasteiger partial charge in [0.2, 0.25) is 0 Å². The van der Waals surface area contributed by atoms with E-state index in [4.69, 9.17) is 16.3 Å². The molecule has 3 nitrogen and oxygen atoms in total. The molecule has 0 radical (unpaired) electrons. The Morgan fingerprint density at radius 2 is 1.77 bits per heavy atom. The summed E-state index contributed by atoms with van der Waals surface area (Å²) >= 11 is 6.47. The van der Waals surface area contributed by atoms with Gasteiger partial charge in [-0.1, -0.05) is 36.4 Å². The van der Waals surface area contributed by atoms with Crippen molar-refractivity contribution < 1.29 is 4.74 Å². The van der Waals surface area contributed by atoms with Crippen molar-refractivity contribution in [1.29, 1.82) is 0 Å². The topological polar surface area (TPSA) is 15.7 Å². The number of alkyl halides is 1. The van der Waals surface area contributed by atoms with Gasteiger partial charge in [-0.3, -0.25) is 4.90 Å². The Bertz CT molecular complexity index is 606. The number of hydrogen-bond donors (Lipinski definition) is 0. The summed E-state index contributed by atoms with van der Waals surface area (Å²) in [6.45, 7) is 5.85. The summed E-state index contributed by atoms with van der Waals surface area (Å²) in [6.07, 6.45) is 0. The Morgan fingerprint density at radius 1 is 1.05 bits per heavy atom. The van der Waals surface area contributed by atoms with Crippen molar-refractivity contribution in [2.75, 3.05) is 46.4 Å². The SMILES string of the molecule is CN1CCN(CC(Cl)COc2cccc3ccccc23)CC1. The fraction of sp³-hybridized carbons (Fsp3) is 0.444. The summed E-state index contributed by atoms with van der Waals surface area (Å²) in [5, 5.41) is 2.36. The molecule has 3 rings (SSSR count). The molecule has 1 aliphatic heterocycles. The lowest BCUT2D eigenvalue weighted by molar-refractivity contribution is 0.147. The molecule has 0 amide bonds. The Labute approximate surface area is 137 Å². The summed E-state index contributed by atoms with van der Waals surface area (Å²) in [4.78, 5) is 4.77. The van der Waals surface area contributed by atoms with Gasteiger partial charge >= 0.3 is 0 Å². The molecule has 1 fully saturated rings. The molecule has 0 aromatic heterocycles. The highest BCUT2D eigenvalue weighted by atomic mass is 35.5. The number of likely N-dealkylation sites (N-methyl/N-ethyl adjacent to an activating group) is 1. The first-order valence-electron chi connectivity index (χ1n) is 7.88. The van der Waals surface area contributed by atoms with E-state index >= 15 is 0 Å². The summed E-state index contributed by atoms with van der Waals surface area (Å²) in [7, 11) is 2.17. The van der Waals surface area contributed by atoms with Crippen molar-refractivity contribution in [3.63, 3.8) is 0 Å². The monoisotopic (exact) mass is 318 g/mol. The first-order chi connectivity index (χ1) is 10.7. The van der Waals surface area contributed by atoms with Crippen molar-refractivity contribution in [1.82, 2.24) is 9.80 Å². The fourth-order valence-electron chi connectivity index (χ4n) is 2.87. The van der Waals surface area contributed by atoms with Crippen molar-refractivity contribution in [3.8, 4) is 5.75 Å². The van der Waals surface area contributed by atoms with Crippen LogP contribution < -0.4 is 4.74 Å². The molecule has 22 heavy (non-hydrogen) atoms. The second kappa shape index (κ2) is 7.32. The first-order valence-corrected chi connectivity index (χ1v) is 8.31. The molecule has 0 N–H and O–H groups in total. The van der Waals surface area contributed by atoms with Gasteiger partial charge in [0, 0.05) is 38.1 Å². The predicted molar refractivity (Wildman–Crippen MR) is 93.0 cm³/mol. The van der Waals surface area contributed by atoms with Crippen LogP contribution in [0.25, 0.3) is 10.8 Å². The van der Waals surface area contributed by atoms with Crippen LogP contribution in [0.5, 0.6) is 5.75 Å². The highest BCUT2D eigenvalue weighted by Crippen LogP contribution is 2.25. The summed E-state index contributed by atoms with van der Waals surface area (Å²) in [5.41, 5.74) is 0. The molecule has 0 aliphatic carbocycles. The standard InChI is InChI=1S/C18H23ClN2O/c1-20-9-11-21(12-10-20)13-16(19)14-22-18-8-4-6-15-5-2-3-7-17(15)18/h2-8,16H,9-14H2,1H3. The molecule has 0 spiro atoms. The van der Waals surface area contributed by atoms with E-state index in [0.717, 1.165) is 43.9 Å². The van der Waals surface area contributed by atoms with Crippen molar-refractivity contribution in [2.24, 2.45) is 0 Å². The van der Waals surface area contributed by atoms with Crippen LogP contribution in [0.4, 0.5) is 0 Å². The lowest BCUT2D eigenvalue weighted by atomic mass is 10.1. The number of rotatable bonds is 5.